The van der Waals surface area contributed by atoms with Gasteiger partial charge in [0.15, 0.2) is 0 Å². The van der Waals surface area contributed by atoms with Crippen molar-refractivity contribution in [3.05, 3.63) is 11.1 Å². The van der Waals surface area contributed by atoms with Gasteiger partial charge in [-0.1, -0.05) is 19.4 Å². The second-order valence-corrected chi connectivity index (χ2v) is 14.8. The zero-order chi connectivity index (χ0) is 25.3. The van der Waals surface area contributed by atoms with Crippen molar-refractivity contribution in [1.29, 1.82) is 0 Å². The Morgan fingerprint density at radius 1 is 0.917 bits per heavy atom. The monoisotopic (exact) mass is 496 g/mol. The van der Waals surface area contributed by atoms with Crippen LogP contribution in [0.5, 0.6) is 0 Å². The summed E-state index contributed by atoms with van der Waals surface area (Å²) in [6.07, 6.45) is 3.90. The van der Waals surface area contributed by atoms with E-state index in [1.54, 1.807) is 0 Å². The first-order valence-corrected chi connectivity index (χ1v) is 14.4. The Morgan fingerprint density at radius 3 is 2.36 bits per heavy atom. The minimum absolute atomic E-state index is 0.0106. The maximum Gasteiger partial charge on any atom is 0.309 e. The number of allylic oxidation sites excluding steroid dienone is 1. The topological polar surface area (TPSA) is 82.1 Å². The zero-order valence-electron chi connectivity index (χ0n) is 22.4. The average Bonchev–Trinajstić information content (AvgIpc) is 3.49. The molecule has 8 rings (SSSR count). The summed E-state index contributed by atoms with van der Waals surface area (Å²) in [4.78, 5) is 25.8. The second-order valence-electron chi connectivity index (χ2n) is 14.8. The molecule has 0 radical (unpaired) electrons. The van der Waals surface area contributed by atoms with Crippen molar-refractivity contribution in [1.82, 2.24) is 0 Å². The molecular weight excluding hydrogens is 456 g/mol. The molecule has 1 unspecified atom stereocenters. The Bertz CT molecular complexity index is 1140. The summed E-state index contributed by atoms with van der Waals surface area (Å²) in [6, 6.07) is 0. The van der Waals surface area contributed by atoms with Gasteiger partial charge in [-0.2, -0.15) is 0 Å². The van der Waals surface area contributed by atoms with E-state index in [-0.39, 0.29) is 76.3 Å². The van der Waals surface area contributed by atoms with E-state index >= 15 is 0 Å². The number of hydrogen-bond donors (Lipinski definition) is 1. The fraction of sp³-hybridized carbons (Fsp3) is 0.867. The number of ether oxygens (including phenoxy) is 3. The molecule has 1 N–H and O–H groups in total. The third-order valence-electron chi connectivity index (χ3n) is 13.2. The third kappa shape index (κ3) is 2.17. The van der Waals surface area contributed by atoms with E-state index in [1.165, 1.54) is 11.1 Å². The van der Waals surface area contributed by atoms with Crippen LogP contribution in [0.15, 0.2) is 11.1 Å². The molecule has 5 aliphatic carbocycles. The van der Waals surface area contributed by atoms with E-state index in [9.17, 15) is 14.7 Å². The van der Waals surface area contributed by atoms with Gasteiger partial charge in [0.1, 0.15) is 12.2 Å². The number of aliphatic hydroxyl groups is 1. The number of carbonyl (C=O) groups excluding carboxylic acids is 2. The van der Waals surface area contributed by atoms with Gasteiger partial charge in [0.25, 0.3) is 0 Å². The molecule has 36 heavy (non-hydrogen) atoms. The molecule has 0 aromatic rings. The summed E-state index contributed by atoms with van der Waals surface area (Å²) in [5.74, 6) is 1.43. The molecule has 8 aliphatic rings. The van der Waals surface area contributed by atoms with Crippen molar-refractivity contribution in [3.8, 4) is 0 Å². The van der Waals surface area contributed by atoms with Crippen molar-refractivity contribution in [2.45, 2.75) is 103 Å². The Hall–Kier alpha value is -1.40. The summed E-state index contributed by atoms with van der Waals surface area (Å²) in [6.45, 7) is 12.9. The lowest BCUT2D eigenvalue weighted by Gasteiger charge is -2.53. The van der Waals surface area contributed by atoms with Gasteiger partial charge in [-0.15, -0.1) is 0 Å². The number of esters is 2. The predicted molar refractivity (Wildman–Crippen MR) is 129 cm³/mol. The van der Waals surface area contributed by atoms with Crippen LogP contribution in [0, 0.1) is 58.7 Å². The molecule has 6 nitrogen and oxygen atoms in total. The van der Waals surface area contributed by atoms with Crippen LogP contribution >= 0.6 is 0 Å². The standard InChI is InChI=1S/C30H40O6/c1-12-15-7-8-28(5)23-18-11-29(6,36-28)30(23,24(15)35-26(12)32)21-14(3)19-17(20(18)21)10-27(4,33)9-16-13(2)25(31)34-22(16)19/h12-13,15-18,20-24,33H,7-11H2,1-6H3/t12-,13-,15-,16-,17-,18+,20-,21-,22-,23-,24-,27-,28-,29+,30?/m0/s1. The first kappa shape index (κ1) is 22.6. The highest BCUT2D eigenvalue weighted by molar-refractivity contribution is 5.76. The van der Waals surface area contributed by atoms with E-state index in [1.807, 2.05) is 13.8 Å². The molecule has 3 heterocycles. The highest BCUT2D eigenvalue weighted by atomic mass is 16.6. The molecule has 6 heteroatoms. The quantitative estimate of drug-likeness (QED) is 0.403. The number of carbonyl (C=O) groups is 2. The van der Waals surface area contributed by atoms with Crippen LogP contribution in [0.25, 0.3) is 0 Å². The maximum atomic E-state index is 13.0. The highest BCUT2D eigenvalue weighted by Gasteiger charge is 2.88. The molecule has 0 spiro atoms. The predicted octanol–water partition coefficient (Wildman–Crippen LogP) is 4.04. The number of hydrogen-bond acceptors (Lipinski definition) is 6. The van der Waals surface area contributed by atoms with Crippen molar-refractivity contribution < 1.29 is 28.9 Å². The van der Waals surface area contributed by atoms with E-state index in [4.69, 9.17) is 14.2 Å². The molecule has 15 atom stereocenters. The fourth-order valence-electron chi connectivity index (χ4n) is 12.4. The van der Waals surface area contributed by atoms with Crippen LogP contribution in [0.1, 0.15) is 73.6 Å². The molecule has 3 aliphatic heterocycles. The Balaban J connectivity index is 1.36. The Morgan fingerprint density at radius 2 is 1.61 bits per heavy atom. The van der Waals surface area contributed by atoms with Crippen molar-refractivity contribution in [2.24, 2.45) is 58.7 Å². The largest absolute Gasteiger partial charge is 0.461 e. The summed E-state index contributed by atoms with van der Waals surface area (Å²) < 4.78 is 19.6. The van der Waals surface area contributed by atoms with Crippen molar-refractivity contribution >= 4 is 11.9 Å². The SMILES string of the molecule is CC1=C2[C@H]3OC(=O)[C@@H](C)[C@@H]3C[C@](C)(O)C[C@@H]2[C@H]2[C@H]3C[C@@]4(C)O[C@@]5(C)CC[C@H]6[C@H](C)C(=O)O[C@@H]6C4([C@@H]35)[C@@H]12. The first-order valence-electron chi connectivity index (χ1n) is 14.4. The Kier molecular flexibility index (Phi) is 3.92. The van der Waals surface area contributed by atoms with Crippen LogP contribution in [0.4, 0.5) is 0 Å². The zero-order valence-corrected chi connectivity index (χ0v) is 22.4. The van der Waals surface area contributed by atoms with E-state index < -0.39 is 5.60 Å². The van der Waals surface area contributed by atoms with Crippen molar-refractivity contribution in [2.75, 3.05) is 0 Å². The molecule has 4 saturated carbocycles. The fourth-order valence-corrected chi connectivity index (χ4v) is 12.4. The van der Waals surface area contributed by atoms with Gasteiger partial charge in [-0.25, -0.2) is 0 Å². The van der Waals surface area contributed by atoms with Crippen LogP contribution in [-0.4, -0.2) is 46.1 Å². The summed E-state index contributed by atoms with van der Waals surface area (Å²) in [7, 11) is 0. The van der Waals surface area contributed by atoms with E-state index in [0.29, 0.717) is 24.2 Å². The number of fused-ring (bicyclic) bond motifs is 7. The second kappa shape index (κ2) is 6.25. The first-order chi connectivity index (χ1) is 16.8. The molecule has 0 aromatic carbocycles. The average molecular weight is 497 g/mol. The molecule has 0 amide bonds. The van der Waals surface area contributed by atoms with Crippen LogP contribution < -0.4 is 0 Å². The highest BCUT2D eigenvalue weighted by Crippen LogP contribution is 2.85. The lowest BCUT2D eigenvalue weighted by atomic mass is 9.55. The molecule has 196 valence electrons. The molecule has 5 bridgehead atoms. The minimum Gasteiger partial charge on any atom is -0.461 e. The van der Waals surface area contributed by atoms with Crippen LogP contribution in [0.2, 0.25) is 0 Å². The van der Waals surface area contributed by atoms with Gasteiger partial charge in [0.2, 0.25) is 0 Å². The third-order valence-corrected chi connectivity index (χ3v) is 13.2. The Labute approximate surface area is 213 Å². The van der Waals surface area contributed by atoms with Gasteiger partial charge in [-0.3, -0.25) is 9.59 Å². The summed E-state index contributed by atoms with van der Waals surface area (Å²) in [5, 5.41) is 11.6. The van der Waals surface area contributed by atoms with Crippen molar-refractivity contribution in [3.63, 3.8) is 0 Å². The normalized spacial score (nSPS) is 63.9. The molecule has 0 aromatic heterocycles. The van der Waals surface area contributed by atoms with Gasteiger partial charge < -0.3 is 19.3 Å². The lowest BCUT2D eigenvalue weighted by Crippen LogP contribution is -2.58. The number of rotatable bonds is 0. The van der Waals surface area contributed by atoms with Gasteiger partial charge in [0, 0.05) is 23.2 Å². The van der Waals surface area contributed by atoms with Gasteiger partial charge in [0.05, 0.1) is 28.6 Å². The maximum absolute atomic E-state index is 13.0. The summed E-state index contributed by atoms with van der Waals surface area (Å²) >= 11 is 0. The van der Waals surface area contributed by atoms with Gasteiger partial charge in [-0.05, 0) is 89.0 Å². The minimum atomic E-state index is -0.835. The molecule has 3 saturated heterocycles. The smallest absolute Gasteiger partial charge is 0.309 e. The van der Waals surface area contributed by atoms with E-state index in [2.05, 4.69) is 27.7 Å². The molecule has 7 fully saturated rings. The van der Waals surface area contributed by atoms with Crippen LogP contribution in [0.3, 0.4) is 0 Å². The van der Waals surface area contributed by atoms with Crippen LogP contribution in [-0.2, 0) is 23.8 Å². The van der Waals surface area contributed by atoms with E-state index in [0.717, 1.165) is 25.7 Å². The van der Waals surface area contributed by atoms with Gasteiger partial charge >= 0.3 is 11.9 Å². The summed E-state index contributed by atoms with van der Waals surface area (Å²) in [5.41, 5.74) is 1.01. The lowest BCUT2D eigenvalue weighted by molar-refractivity contribution is -0.203. The molecular formula is C30H40O6.